The maximum Gasteiger partial charge on any atom is 0.339 e. The minimum Gasteiger partial charge on any atom is -0.453 e. The van der Waals surface area contributed by atoms with Gasteiger partial charge in [-0.05, 0) is 23.8 Å². The van der Waals surface area contributed by atoms with Crippen LogP contribution in [0, 0.1) is 0 Å². The summed E-state index contributed by atoms with van der Waals surface area (Å²) in [4.78, 5) is 23.7. The number of hydrogen-bond acceptors (Lipinski definition) is 3. The Kier molecular flexibility index (Phi) is 4.11. The van der Waals surface area contributed by atoms with Crippen molar-refractivity contribution in [3.8, 4) is 0 Å². The SMILES string of the molecule is O=C(CC1OC(=O)c2ccccc21)NCc1ccc(Cl)cc1. The zero-order valence-electron chi connectivity index (χ0n) is 11.7. The fourth-order valence-corrected chi connectivity index (χ4v) is 2.54. The standard InChI is InChI=1S/C17H14ClNO3/c18-12-7-5-11(6-8-12)10-19-16(20)9-15-13-3-1-2-4-14(13)17(21)22-15/h1-8,15H,9-10H2,(H,19,20). The largest absolute Gasteiger partial charge is 0.453 e. The highest BCUT2D eigenvalue weighted by molar-refractivity contribution is 6.30. The van der Waals surface area contributed by atoms with Crippen LogP contribution in [0.15, 0.2) is 48.5 Å². The Morgan fingerprint density at radius 3 is 2.64 bits per heavy atom. The number of hydrogen-bond donors (Lipinski definition) is 1. The van der Waals surface area contributed by atoms with Crippen LogP contribution in [0.2, 0.25) is 5.02 Å². The minimum absolute atomic E-state index is 0.121. The van der Waals surface area contributed by atoms with Crippen LogP contribution in [0.4, 0.5) is 0 Å². The van der Waals surface area contributed by atoms with Crippen molar-refractivity contribution in [1.29, 1.82) is 0 Å². The Hall–Kier alpha value is -2.33. The van der Waals surface area contributed by atoms with Crippen molar-refractivity contribution in [3.05, 3.63) is 70.2 Å². The van der Waals surface area contributed by atoms with E-state index in [-0.39, 0.29) is 18.3 Å². The molecular weight excluding hydrogens is 302 g/mol. The molecule has 1 unspecified atom stereocenters. The van der Waals surface area contributed by atoms with Crippen LogP contribution in [-0.2, 0) is 16.1 Å². The summed E-state index contributed by atoms with van der Waals surface area (Å²) < 4.78 is 5.25. The number of ether oxygens (including phenoxy) is 1. The van der Waals surface area contributed by atoms with E-state index in [0.29, 0.717) is 17.1 Å². The van der Waals surface area contributed by atoms with E-state index in [1.807, 2.05) is 24.3 Å². The first-order chi connectivity index (χ1) is 10.6. The molecule has 22 heavy (non-hydrogen) atoms. The van der Waals surface area contributed by atoms with E-state index < -0.39 is 6.10 Å². The molecule has 5 heteroatoms. The minimum atomic E-state index is -0.506. The summed E-state index contributed by atoms with van der Waals surface area (Å²) in [6, 6.07) is 14.4. The van der Waals surface area contributed by atoms with Crippen LogP contribution in [-0.4, -0.2) is 11.9 Å². The normalized spacial score (nSPS) is 16.0. The van der Waals surface area contributed by atoms with Gasteiger partial charge in [-0.2, -0.15) is 0 Å². The molecule has 2 aromatic rings. The topological polar surface area (TPSA) is 55.4 Å². The van der Waals surface area contributed by atoms with Crippen molar-refractivity contribution in [1.82, 2.24) is 5.32 Å². The molecule has 0 spiro atoms. The molecule has 2 aromatic carbocycles. The van der Waals surface area contributed by atoms with E-state index in [2.05, 4.69) is 5.32 Å². The van der Waals surface area contributed by atoms with E-state index in [1.54, 1.807) is 24.3 Å². The Morgan fingerprint density at radius 1 is 1.14 bits per heavy atom. The number of benzene rings is 2. The quantitative estimate of drug-likeness (QED) is 0.881. The first-order valence-electron chi connectivity index (χ1n) is 6.94. The predicted octanol–water partition coefficient (Wildman–Crippen LogP) is 3.26. The lowest BCUT2D eigenvalue weighted by molar-refractivity contribution is -0.123. The second kappa shape index (κ2) is 6.20. The molecule has 1 heterocycles. The zero-order chi connectivity index (χ0) is 15.5. The number of rotatable bonds is 4. The molecule has 0 fully saturated rings. The van der Waals surface area contributed by atoms with Gasteiger partial charge in [0.15, 0.2) is 0 Å². The lowest BCUT2D eigenvalue weighted by Gasteiger charge is -2.11. The summed E-state index contributed by atoms with van der Waals surface area (Å²) in [7, 11) is 0. The van der Waals surface area contributed by atoms with Crippen LogP contribution in [0.3, 0.4) is 0 Å². The van der Waals surface area contributed by atoms with E-state index in [0.717, 1.165) is 11.1 Å². The molecule has 1 aliphatic rings. The number of carbonyl (C=O) groups excluding carboxylic acids is 2. The van der Waals surface area contributed by atoms with Crippen molar-refractivity contribution in [3.63, 3.8) is 0 Å². The number of amides is 1. The Bertz CT molecular complexity index is 712. The molecule has 1 amide bonds. The lowest BCUT2D eigenvalue weighted by atomic mass is 10.0. The van der Waals surface area contributed by atoms with E-state index in [9.17, 15) is 9.59 Å². The van der Waals surface area contributed by atoms with Crippen molar-refractivity contribution >= 4 is 23.5 Å². The zero-order valence-corrected chi connectivity index (χ0v) is 12.5. The van der Waals surface area contributed by atoms with Crippen LogP contribution in [0.25, 0.3) is 0 Å². The van der Waals surface area contributed by atoms with Crippen molar-refractivity contribution < 1.29 is 14.3 Å². The maximum atomic E-state index is 12.0. The molecule has 1 atom stereocenters. The van der Waals surface area contributed by atoms with Gasteiger partial charge in [0.2, 0.25) is 5.91 Å². The molecule has 112 valence electrons. The monoisotopic (exact) mass is 315 g/mol. The fraction of sp³-hybridized carbons (Fsp3) is 0.176. The molecule has 4 nitrogen and oxygen atoms in total. The molecule has 3 rings (SSSR count). The maximum absolute atomic E-state index is 12.0. The number of esters is 1. The van der Waals surface area contributed by atoms with Crippen molar-refractivity contribution in [2.75, 3.05) is 0 Å². The summed E-state index contributed by atoms with van der Waals surface area (Å²) in [6.45, 7) is 0.415. The van der Waals surface area contributed by atoms with Crippen LogP contribution >= 0.6 is 11.6 Å². The van der Waals surface area contributed by atoms with Gasteiger partial charge in [-0.25, -0.2) is 4.79 Å². The second-order valence-corrected chi connectivity index (χ2v) is 5.52. The molecule has 0 saturated heterocycles. The average Bonchev–Trinajstić information content (AvgIpc) is 2.83. The molecule has 0 aliphatic carbocycles. The average molecular weight is 316 g/mol. The highest BCUT2D eigenvalue weighted by Gasteiger charge is 2.31. The van der Waals surface area contributed by atoms with Crippen molar-refractivity contribution in [2.45, 2.75) is 19.1 Å². The first kappa shape index (κ1) is 14.6. The summed E-state index contributed by atoms with van der Waals surface area (Å²) in [5.41, 5.74) is 2.27. The lowest BCUT2D eigenvalue weighted by Crippen LogP contribution is -2.24. The Labute approximate surface area is 133 Å². The van der Waals surface area contributed by atoms with Crippen LogP contribution in [0.5, 0.6) is 0 Å². The third-order valence-electron chi connectivity index (χ3n) is 3.55. The Balaban J connectivity index is 1.59. The highest BCUT2D eigenvalue weighted by Crippen LogP contribution is 2.32. The van der Waals surface area contributed by atoms with Gasteiger partial charge in [0.25, 0.3) is 0 Å². The van der Waals surface area contributed by atoms with Crippen LogP contribution in [0.1, 0.15) is 34.0 Å². The van der Waals surface area contributed by atoms with E-state index >= 15 is 0 Å². The first-order valence-corrected chi connectivity index (χ1v) is 7.32. The molecule has 0 aromatic heterocycles. The number of cyclic esters (lactones) is 1. The number of halogens is 1. The summed E-state index contributed by atoms with van der Waals surface area (Å²) >= 11 is 5.81. The number of nitrogens with one attached hydrogen (secondary N) is 1. The predicted molar refractivity (Wildman–Crippen MR) is 82.5 cm³/mol. The summed E-state index contributed by atoms with van der Waals surface area (Å²) in [5.74, 6) is -0.532. The third-order valence-corrected chi connectivity index (χ3v) is 3.80. The molecule has 0 saturated carbocycles. The summed E-state index contributed by atoms with van der Waals surface area (Å²) in [6.07, 6.45) is -0.384. The van der Waals surface area contributed by atoms with Crippen molar-refractivity contribution in [2.24, 2.45) is 0 Å². The summed E-state index contributed by atoms with van der Waals surface area (Å²) in [5, 5.41) is 3.47. The van der Waals surface area contributed by atoms with Gasteiger partial charge in [-0.15, -0.1) is 0 Å². The molecular formula is C17H14ClNO3. The smallest absolute Gasteiger partial charge is 0.339 e. The van der Waals surface area contributed by atoms with Gasteiger partial charge in [-0.3, -0.25) is 4.79 Å². The fourth-order valence-electron chi connectivity index (χ4n) is 2.41. The van der Waals surface area contributed by atoms with Crippen LogP contribution < -0.4 is 5.32 Å². The third kappa shape index (κ3) is 3.12. The van der Waals surface area contributed by atoms with E-state index in [1.165, 1.54) is 0 Å². The van der Waals surface area contributed by atoms with Gasteiger partial charge in [0.1, 0.15) is 6.10 Å². The van der Waals surface area contributed by atoms with E-state index in [4.69, 9.17) is 16.3 Å². The number of fused-ring (bicyclic) bond motifs is 1. The molecule has 0 radical (unpaired) electrons. The number of carbonyl (C=O) groups is 2. The second-order valence-electron chi connectivity index (χ2n) is 5.09. The molecule has 1 aliphatic heterocycles. The van der Waals surface area contributed by atoms with Gasteiger partial charge < -0.3 is 10.1 Å². The van der Waals surface area contributed by atoms with Gasteiger partial charge in [0, 0.05) is 17.1 Å². The Morgan fingerprint density at radius 2 is 1.86 bits per heavy atom. The van der Waals surface area contributed by atoms with Gasteiger partial charge in [-0.1, -0.05) is 41.9 Å². The molecule has 1 N–H and O–H groups in total. The van der Waals surface area contributed by atoms with Gasteiger partial charge in [0.05, 0.1) is 12.0 Å². The van der Waals surface area contributed by atoms with Gasteiger partial charge >= 0.3 is 5.97 Å². The highest BCUT2D eigenvalue weighted by atomic mass is 35.5. The molecule has 0 bridgehead atoms.